The number of carbonyl (C=O) groups is 1. The van der Waals surface area contributed by atoms with Crippen molar-refractivity contribution in [2.45, 2.75) is 43.9 Å². The maximum Gasteiger partial charge on any atom is 0.415 e. The van der Waals surface area contributed by atoms with Gasteiger partial charge >= 0.3 is 6.09 Å². The van der Waals surface area contributed by atoms with Gasteiger partial charge in [-0.2, -0.15) is 5.10 Å². The molecule has 0 N–H and O–H groups in total. The number of likely N-dealkylation sites (tertiary alicyclic amines) is 1. The molecule has 2 aliphatic heterocycles. The van der Waals surface area contributed by atoms with E-state index in [0.29, 0.717) is 12.6 Å². The monoisotopic (exact) mass is 432 g/mol. The predicted molar refractivity (Wildman–Crippen MR) is 122 cm³/mol. The van der Waals surface area contributed by atoms with Crippen LogP contribution in [-0.2, 0) is 11.3 Å². The van der Waals surface area contributed by atoms with Gasteiger partial charge < -0.3 is 9.47 Å². The van der Waals surface area contributed by atoms with Gasteiger partial charge in [0.2, 0.25) is 0 Å². The number of carbonyl (C=O) groups excluding carboxylic acids is 1. The Hall–Kier alpha value is -3.06. The number of amides is 1. The molecule has 7 nitrogen and oxygen atoms in total. The number of rotatable bonds is 5. The number of hydrogen-bond acceptors (Lipinski definition) is 5. The summed E-state index contributed by atoms with van der Waals surface area (Å²) in [6.45, 7) is 3.23. The van der Waals surface area contributed by atoms with Crippen LogP contribution in [0.2, 0.25) is 0 Å². The number of aromatic nitrogens is 2. The van der Waals surface area contributed by atoms with Gasteiger partial charge in [0, 0.05) is 49.6 Å². The zero-order chi connectivity index (χ0) is 21.7. The van der Waals surface area contributed by atoms with Crippen LogP contribution >= 0.6 is 0 Å². The molecule has 3 aromatic rings. The number of hydrogen-bond donors (Lipinski definition) is 0. The van der Waals surface area contributed by atoms with Gasteiger partial charge in [-0.25, -0.2) is 4.79 Å². The number of nitrogens with zero attached hydrogens (tertiary/aromatic N) is 4. The van der Waals surface area contributed by atoms with Gasteiger partial charge in [-0.15, -0.1) is 0 Å². The Morgan fingerprint density at radius 1 is 1.12 bits per heavy atom. The van der Waals surface area contributed by atoms with Crippen LogP contribution in [0.25, 0.3) is 10.9 Å². The Balaban J connectivity index is 1.17. The second-order valence-electron chi connectivity index (χ2n) is 9.25. The molecule has 6 rings (SSSR count). The maximum absolute atomic E-state index is 12.6. The lowest BCUT2D eigenvalue weighted by Gasteiger charge is -2.37. The summed E-state index contributed by atoms with van der Waals surface area (Å²) in [5, 5.41) is 6.21. The summed E-state index contributed by atoms with van der Waals surface area (Å²) in [6, 6.07) is 16.6. The fraction of sp³-hybridized carbons (Fsp3) is 0.440. The molecule has 166 valence electrons. The summed E-state index contributed by atoms with van der Waals surface area (Å²) in [5.74, 6) is 0.872. The van der Waals surface area contributed by atoms with Crippen LogP contribution in [-0.4, -0.2) is 53.1 Å². The van der Waals surface area contributed by atoms with Gasteiger partial charge in [-0.05, 0) is 37.1 Å². The predicted octanol–water partition coefficient (Wildman–Crippen LogP) is 4.37. The van der Waals surface area contributed by atoms with Gasteiger partial charge in [0.05, 0.1) is 30.9 Å². The van der Waals surface area contributed by atoms with Gasteiger partial charge in [0.15, 0.2) is 0 Å². The minimum atomic E-state index is -0.383. The number of fused-ring (bicyclic) bond motifs is 1. The first kappa shape index (κ1) is 19.6. The number of piperidine rings is 1. The third kappa shape index (κ3) is 3.41. The summed E-state index contributed by atoms with van der Waals surface area (Å²) in [7, 11) is 1.71. The molecule has 3 fully saturated rings. The smallest absolute Gasteiger partial charge is 0.415 e. The summed E-state index contributed by atoms with van der Waals surface area (Å²) >= 11 is 0. The first-order chi connectivity index (χ1) is 15.6. The number of ether oxygens (including phenoxy) is 2. The Labute approximate surface area is 187 Å². The van der Waals surface area contributed by atoms with E-state index in [1.54, 1.807) is 12.0 Å². The topological polar surface area (TPSA) is 59.8 Å². The first-order valence-corrected chi connectivity index (χ1v) is 11.5. The molecule has 0 radical (unpaired) electrons. The SMILES string of the molecule is COc1ccc2c(CN3CCC4(CC3)CN(c3ccccc3)C(=O)O4)nn(C3CC3)c2c1. The van der Waals surface area contributed by atoms with Crippen LogP contribution in [0.5, 0.6) is 5.75 Å². The van der Waals surface area contributed by atoms with Crippen molar-refractivity contribution in [1.29, 1.82) is 0 Å². The molecule has 2 aromatic carbocycles. The molecule has 2 saturated heterocycles. The number of anilines is 1. The van der Waals surface area contributed by atoms with Crippen molar-refractivity contribution >= 4 is 22.7 Å². The van der Waals surface area contributed by atoms with Crippen LogP contribution in [0.3, 0.4) is 0 Å². The van der Waals surface area contributed by atoms with E-state index in [-0.39, 0.29) is 11.7 Å². The van der Waals surface area contributed by atoms with Crippen molar-refractivity contribution in [2.24, 2.45) is 0 Å². The Kier molecular flexibility index (Phi) is 4.61. The molecule has 1 saturated carbocycles. The second-order valence-corrected chi connectivity index (χ2v) is 9.25. The lowest BCUT2D eigenvalue weighted by Crippen LogP contribution is -2.46. The van der Waals surface area contributed by atoms with E-state index in [2.05, 4.69) is 21.7 Å². The summed E-state index contributed by atoms with van der Waals surface area (Å²) in [4.78, 5) is 16.8. The first-order valence-electron chi connectivity index (χ1n) is 11.5. The largest absolute Gasteiger partial charge is 0.497 e. The van der Waals surface area contributed by atoms with Crippen molar-refractivity contribution in [1.82, 2.24) is 14.7 Å². The van der Waals surface area contributed by atoms with Crippen LogP contribution in [0.4, 0.5) is 10.5 Å². The molecule has 3 aliphatic rings. The normalized spacial score (nSPS) is 20.8. The second kappa shape index (κ2) is 7.52. The highest BCUT2D eigenvalue weighted by molar-refractivity contribution is 5.90. The minimum absolute atomic E-state index is 0.229. The third-order valence-electron chi connectivity index (χ3n) is 7.06. The van der Waals surface area contributed by atoms with Gasteiger partial charge in [0.1, 0.15) is 11.4 Å². The highest BCUT2D eigenvalue weighted by atomic mass is 16.6. The molecular weight excluding hydrogens is 404 g/mol. The Morgan fingerprint density at radius 2 is 1.91 bits per heavy atom. The molecule has 0 unspecified atom stereocenters. The molecule has 0 atom stereocenters. The number of methoxy groups -OCH3 is 1. The van der Waals surface area contributed by atoms with E-state index in [4.69, 9.17) is 14.6 Å². The van der Waals surface area contributed by atoms with Crippen LogP contribution in [0.15, 0.2) is 48.5 Å². The van der Waals surface area contributed by atoms with E-state index in [1.807, 2.05) is 36.4 Å². The molecule has 1 spiro atoms. The van der Waals surface area contributed by atoms with Crippen LogP contribution in [0.1, 0.15) is 37.4 Å². The highest BCUT2D eigenvalue weighted by Crippen LogP contribution is 2.39. The zero-order valence-corrected chi connectivity index (χ0v) is 18.4. The fourth-order valence-electron chi connectivity index (χ4n) is 5.04. The average Bonchev–Trinajstić information content (AvgIpc) is 3.54. The van der Waals surface area contributed by atoms with Gasteiger partial charge in [-0.3, -0.25) is 14.5 Å². The molecule has 1 aromatic heterocycles. The van der Waals surface area contributed by atoms with Gasteiger partial charge in [0.25, 0.3) is 0 Å². The van der Waals surface area contributed by atoms with Crippen molar-refractivity contribution in [3.05, 3.63) is 54.2 Å². The summed E-state index contributed by atoms with van der Waals surface area (Å²) in [5.41, 5.74) is 2.81. The van der Waals surface area contributed by atoms with Crippen LogP contribution in [0, 0.1) is 0 Å². The van der Waals surface area contributed by atoms with Crippen molar-refractivity contribution < 1.29 is 14.3 Å². The molecule has 3 heterocycles. The molecule has 1 aliphatic carbocycles. The third-order valence-corrected chi connectivity index (χ3v) is 7.06. The van der Waals surface area contributed by atoms with E-state index >= 15 is 0 Å². The van der Waals surface area contributed by atoms with Crippen molar-refractivity contribution in [2.75, 3.05) is 31.6 Å². The van der Waals surface area contributed by atoms with E-state index in [0.717, 1.165) is 49.6 Å². The van der Waals surface area contributed by atoms with Gasteiger partial charge in [-0.1, -0.05) is 18.2 Å². The van der Waals surface area contributed by atoms with Crippen molar-refractivity contribution in [3.63, 3.8) is 0 Å². The quantitative estimate of drug-likeness (QED) is 0.599. The number of benzene rings is 2. The molecule has 32 heavy (non-hydrogen) atoms. The van der Waals surface area contributed by atoms with E-state index in [9.17, 15) is 4.79 Å². The van der Waals surface area contributed by atoms with E-state index in [1.165, 1.54) is 23.7 Å². The highest BCUT2D eigenvalue weighted by Gasteiger charge is 2.47. The fourth-order valence-corrected chi connectivity index (χ4v) is 5.04. The lowest BCUT2D eigenvalue weighted by atomic mass is 9.91. The zero-order valence-electron chi connectivity index (χ0n) is 18.4. The standard InChI is InChI=1S/C25H28N4O3/c1-31-20-9-10-21-22(26-29(19-7-8-19)23(21)15-20)16-27-13-11-25(12-14-27)17-28(24(30)32-25)18-5-3-2-4-6-18/h2-6,9-10,15,19H,7-8,11-14,16-17H2,1H3. The lowest BCUT2D eigenvalue weighted by molar-refractivity contribution is -0.00118. The van der Waals surface area contributed by atoms with Crippen molar-refractivity contribution in [3.8, 4) is 5.75 Å². The molecule has 1 amide bonds. The summed E-state index contributed by atoms with van der Waals surface area (Å²) < 4.78 is 13.6. The molecular formula is C25H28N4O3. The molecule has 0 bridgehead atoms. The maximum atomic E-state index is 12.6. The minimum Gasteiger partial charge on any atom is -0.497 e. The average molecular weight is 433 g/mol. The van der Waals surface area contributed by atoms with Crippen LogP contribution < -0.4 is 9.64 Å². The molecule has 7 heteroatoms. The number of para-hydroxylation sites is 1. The van der Waals surface area contributed by atoms with E-state index < -0.39 is 0 Å². The Bertz CT molecular complexity index is 1150. The Morgan fingerprint density at radius 3 is 2.62 bits per heavy atom. The summed E-state index contributed by atoms with van der Waals surface area (Å²) in [6.07, 6.45) is 3.85.